The minimum Gasteiger partial charge on any atom is -0.408 e. The molecule has 0 radical (unpaired) electrons. The number of β-amino-alcohol motifs (C(OH)–C–C–N with tert-alkyl or cyclic N) is 1. The number of benzene rings is 4. The maximum absolute atomic E-state index is 12.8. The molecular formula is C44H50N6O6. The second-order valence-corrected chi connectivity index (χ2v) is 15.1. The second-order valence-electron chi connectivity index (χ2n) is 15.1. The van der Waals surface area contributed by atoms with Gasteiger partial charge in [-0.15, -0.1) is 0 Å². The summed E-state index contributed by atoms with van der Waals surface area (Å²) in [7, 11) is 1.67. The first kappa shape index (κ1) is 38.7. The molecule has 12 heteroatoms. The molecule has 2 fully saturated rings. The van der Waals surface area contributed by atoms with Crippen molar-refractivity contribution in [3.63, 3.8) is 0 Å². The number of carbonyl (C=O) groups excluding carboxylic acids is 3. The average Bonchev–Trinajstić information content (AvgIpc) is 4.00. The van der Waals surface area contributed by atoms with E-state index in [1.807, 2.05) is 78.9 Å². The minimum atomic E-state index is -0.397. The summed E-state index contributed by atoms with van der Waals surface area (Å²) in [4.78, 5) is 53.3. The van der Waals surface area contributed by atoms with Crippen molar-refractivity contribution in [2.24, 2.45) is 7.05 Å². The Hall–Kier alpha value is -5.56. The standard InChI is InChI=1S/2C22H25N3O3/c1-24-19-13-16(9-10-20(19)28-22(24)27)14-21(26)23-18(15-25-11-5-6-12-25)17-7-3-2-4-8-17;26-18-8-9-25(13-18)14-20(16-4-2-1-3-5-16)24-21(27)11-15-6-7-17-12-22(28)23-19(17)10-15/h2-4,7-10,13,18H,5-6,11-12,14-15H2,1H3,(H,23,26);1-7,10,18,20,26H,8-9,11-14H2,(H,23,28)(H,24,27)/t18-;18-,20+/m10/s1. The average molecular weight is 759 g/mol. The van der Waals surface area contributed by atoms with Crippen molar-refractivity contribution < 1.29 is 23.9 Å². The number of carbonyl (C=O) groups is 3. The van der Waals surface area contributed by atoms with Gasteiger partial charge in [0.2, 0.25) is 17.7 Å². The van der Waals surface area contributed by atoms with Crippen molar-refractivity contribution in [2.75, 3.05) is 44.6 Å². The highest BCUT2D eigenvalue weighted by atomic mass is 16.4. The van der Waals surface area contributed by atoms with Crippen LogP contribution in [0.4, 0.5) is 5.69 Å². The van der Waals surface area contributed by atoms with Gasteiger partial charge in [0.05, 0.1) is 43.0 Å². The first-order chi connectivity index (χ1) is 27.2. The smallest absolute Gasteiger partial charge is 0.408 e. The lowest BCUT2D eigenvalue weighted by atomic mass is 10.0. The van der Waals surface area contributed by atoms with Crippen LogP contribution in [0.15, 0.2) is 106 Å². The molecule has 4 heterocycles. The topological polar surface area (TPSA) is 149 Å². The normalized spacial score (nSPS) is 17.8. The summed E-state index contributed by atoms with van der Waals surface area (Å²) in [6, 6.07) is 31.0. The van der Waals surface area contributed by atoms with Crippen molar-refractivity contribution in [3.8, 4) is 0 Å². The number of hydrogen-bond donors (Lipinski definition) is 4. The number of aryl methyl sites for hydroxylation is 1. The monoisotopic (exact) mass is 758 g/mol. The van der Waals surface area contributed by atoms with Crippen molar-refractivity contribution in [1.82, 2.24) is 25.0 Å². The van der Waals surface area contributed by atoms with Crippen LogP contribution in [0, 0.1) is 0 Å². The van der Waals surface area contributed by atoms with E-state index in [1.54, 1.807) is 13.1 Å². The largest absolute Gasteiger partial charge is 0.419 e. The third kappa shape index (κ3) is 9.99. The van der Waals surface area contributed by atoms with Crippen LogP contribution in [0.2, 0.25) is 0 Å². The van der Waals surface area contributed by atoms with E-state index in [2.05, 4.69) is 37.9 Å². The van der Waals surface area contributed by atoms with Gasteiger partial charge in [-0.25, -0.2) is 4.79 Å². The quantitative estimate of drug-likeness (QED) is 0.148. The van der Waals surface area contributed by atoms with Crippen LogP contribution in [0.25, 0.3) is 11.1 Å². The van der Waals surface area contributed by atoms with E-state index in [9.17, 15) is 24.3 Å². The molecule has 8 rings (SSSR count). The van der Waals surface area contributed by atoms with Crippen LogP contribution in [0.1, 0.15) is 59.2 Å². The first-order valence-electron chi connectivity index (χ1n) is 19.5. The summed E-state index contributed by atoms with van der Waals surface area (Å²) < 4.78 is 6.61. The fourth-order valence-corrected chi connectivity index (χ4v) is 7.81. The molecule has 56 heavy (non-hydrogen) atoms. The van der Waals surface area contributed by atoms with E-state index >= 15 is 0 Å². The fraction of sp³-hybridized carbons (Fsp3) is 0.364. The highest BCUT2D eigenvalue weighted by Gasteiger charge is 2.26. The molecule has 3 aliphatic rings. The van der Waals surface area contributed by atoms with Gasteiger partial charge in [-0.1, -0.05) is 78.9 Å². The molecule has 2 saturated heterocycles. The number of aliphatic hydroxyl groups excluding tert-OH is 1. The van der Waals surface area contributed by atoms with E-state index in [1.165, 1.54) is 17.4 Å². The Morgan fingerprint density at radius 3 is 1.98 bits per heavy atom. The molecule has 5 aromatic rings. The number of nitrogens with zero attached hydrogens (tertiary/aromatic N) is 3. The second kappa shape index (κ2) is 17.9. The molecule has 0 unspecified atom stereocenters. The van der Waals surface area contributed by atoms with Crippen molar-refractivity contribution in [3.05, 3.63) is 135 Å². The first-order valence-corrected chi connectivity index (χ1v) is 19.5. The maximum atomic E-state index is 12.8. The van der Waals surface area contributed by atoms with Crippen molar-refractivity contribution in [1.29, 1.82) is 0 Å². The van der Waals surface area contributed by atoms with Gasteiger partial charge in [0, 0.05) is 38.9 Å². The Bertz CT molecular complexity index is 2200. The molecule has 4 N–H and O–H groups in total. The summed E-state index contributed by atoms with van der Waals surface area (Å²) >= 11 is 0. The Kier molecular flexibility index (Phi) is 12.4. The lowest BCUT2D eigenvalue weighted by Crippen LogP contribution is -2.38. The summed E-state index contributed by atoms with van der Waals surface area (Å²) in [6.07, 6.45) is 3.86. The molecule has 3 amide bonds. The zero-order valence-corrected chi connectivity index (χ0v) is 31.8. The Labute approximate surface area is 326 Å². The fourth-order valence-electron chi connectivity index (χ4n) is 7.81. The highest BCUT2D eigenvalue weighted by Crippen LogP contribution is 2.25. The predicted molar refractivity (Wildman–Crippen MR) is 215 cm³/mol. The van der Waals surface area contributed by atoms with Gasteiger partial charge >= 0.3 is 5.76 Å². The number of aliphatic hydroxyl groups is 1. The van der Waals surface area contributed by atoms with Gasteiger partial charge < -0.3 is 30.4 Å². The van der Waals surface area contributed by atoms with Gasteiger partial charge in [0.15, 0.2) is 5.58 Å². The molecular weight excluding hydrogens is 709 g/mol. The summed E-state index contributed by atoms with van der Waals surface area (Å²) in [5, 5.41) is 19.0. The van der Waals surface area contributed by atoms with Crippen molar-refractivity contribution >= 4 is 34.5 Å². The van der Waals surface area contributed by atoms with E-state index < -0.39 is 5.76 Å². The molecule has 0 aliphatic carbocycles. The Morgan fingerprint density at radius 2 is 1.38 bits per heavy atom. The zero-order valence-electron chi connectivity index (χ0n) is 31.8. The molecule has 0 spiro atoms. The van der Waals surface area contributed by atoms with Crippen LogP contribution in [0.3, 0.4) is 0 Å². The van der Waals surface area contributed by atoms with E-state index in [0.717, 1.165) is 66.1 Å². The third-order valence-electron chi connectivity index (χ3n) is 10.8. The van der Waals surface area contributed by atoms with E-state index in [-0.39, 0.29) is 48.8 Å². The SMILES string of the molecule is Cn1c(=O)oc2ccc(CC(=O)N[C@H](CN3CCCC3)c3ccccc3)cc21.O=C1Cc2ccc(CC(=O)N[C@H](CN3CC[C@H](O)C3)c3ccccc3)cc2N1. The molecule has 12 nitrogen and oxygen atoms in total. The third-order valence-corrected chi connectivity index (χ3v) is 10.8. The Balaban J connectivity index is 0.000000172. The van der Waals surface area contributed by atoms with Crippen LogP contribution in [-0.2, 0) is 40.7 Å². The summed E-state index contributed by atoms with van der Waals surface area (Å²) in [5.74, 6) is -0.487. The number of amides is 3. The van der Waals surface area contributed by atoms with Gasteiger partial charge in [0.1, 0.15) is 0 Å². The molecule has 3 atom stereocenters. The number of rotatable bonds is 12. The van der Waals surface area contributed by atoms with Gasteiger partial charge in [0.25, 0.3) is 0 Å². The van der Waals surface area contributed by atoms with Crippen LogP contribution < -0.4 is 21.7 Å². The number of likely N-dealkylation sites (tertiary alicyclic amines) is 2. The zero-order chi connectivity index (χ0) is 39.0. The molecule has 0 saturated carbocycles. The van der Waals surface area contributed by atoms with E-state index in [0.29, 0.717) is 30.6 Å². The number of anilines is 1. The van der Waals surface area contributed by atoms with Crippen LogP contribution in [0.5, 0.6) is 0 Å². The number of oxazole rings is 1. The summed E-state index contributed by atoms with van der Waals surface area (Å²) in [5.41, 5.74) is 6.93. The highest BCUT2D eigenvalue weighted by molar-refractivity contribution is 5.99. The predicted octanol–water partition coefficient (Wildman–Crippen LogP) is 4.28. The van der Waals surface area contributed by atoms with E-state index in [4.69, 9.17) is 4.42 Å². The lowest BCUT2D eigenvalue weighted by molar-refractivity contribution is -0.122. The number of hydrogen-bond acceptors (Lipinski definition) is 8. The van der Waals surface area contributed by atoms with Gasteiger partial charge in [-0.2, -0.15) is 0 Å². The number of aromatic nitrogens is 1. The number of fused-ring (bicyclic) bond motifs is 2. The summed E-state index contributed by atoms with van der Waals surface area (Å²) in [6.45, 7) is 5.15. The van der Waals surface area contributed by atoms with Gasteiger partial charge in [-0.3, -0.25) is 23.9 Å². The molecule has 3 aliphatic heterocycles. The Morgan fingerprint density at radius 1 is 0.786 bits per heavy atom. The molecule has 0 bridgehead atoms. The molecule has 4 aromatic carbocycles. The molecule has 1 aromatic heterocycles. The number of nitrogens with one attached hydrogen (secondary N) is 3. The molecule has 292 valence electrons. The van der Waals surface area contributed by atoms with Gasteiger partial charge in [-0.05, 0) is 78.4 Å². The van der Waals surface area contributed by atoms with Crippen molar-refractivity contribution in [2.45, 2.75) is 56.7 Å². The maximum Gasteiger partial charge on any atom is 0.419 e. The van der Waals surface area contributed by atoms with Crippen LogP contribution in [-0.4, -0.2) is 82.6 Å². The van der Waals surface area contributed by atoms with Crippen LogP contribution >= 0.6 is 0 Å². The lowest BCUT2D eigenvalue weighted by Gasteiger charge is -2.25. The minimum absolute atomic E-state index is 0.00598.